The van der Waals surface area contributed by atoms with Gasteiger partial charge in [-0.25, -0.2) is 0 Å². The third-order valence-electron chi connectivity index (χ3n) is 1.39. The quantitative estimate of drug-likeness (QED) is 0.756. The standard InChI is InChI=1S/C7H10BrNO/c1-2-3-4-6-5-10-9-7(6)8/h5H,2-4H2,1H3. The van der Waals surface area contributed by atoms with Crippen LogP contribution in [0.3, 0.4) is 0 Å². The van der Waals surface area contributed by atoms with E-state index in [1.54, 1.807) is 6.26 Å². The van der Waals surface area contributed by atoms with Gasteiger partial charge in [-0.3, -0.25) is 0 Å². The molecule has 0 aliphatic carbocycles. The SMILES string of the molecule is CCCCc1conc1Br. The Hall–Kier alpha value is -0.310. The minimum absolute atomic E-state index is 0.848. The van der Waals surface area contributed by atoms with Crippen molar-refractivity contribution in [2.24, 2.45) is 0 Å². The van der Waals surface area contributed by atoms with Crippen molar-refractivity contribution in [1.82, 2.24) is 5.16 Å². The summed E-state index contributed by atoms with van der Waals surface area (Å²) in [5.74, 6) is 0. The van der Waals surface area contributed by atoms with Crippen molar-refractivity contribution < 1.29 is 4.52 Å². The summed E-state index contributed by atoms with van der Waals surface area (Å²) in [5, 5.41) is 3.71. The molecule has 0 fully saturated rings. The largest absolute Gasteiger partial charge is 0.363 e. The van der Waals surface area contributed by atoms with Crippen LogP contribution in [0.4, 0.5) is 0 Å². The second-order valence-corrected chi connectivity index (χ2v) is 2.99. The molecule has 0 aromatic carbocycles. The molecule has 0 N–H and O–H groups in total. The number of aryl methyl sites for hydroxylation is 1. The Morgan fingerprint density at radius 2 is 2.50 bits per heavy atom. The summed E-state index contributed by atoms with van der Waals surface area (Å²) in [4.78, 5) is 0. The lowest BCUT2D eigenvalue weighted by Gasteiger charge is -1.91. The van der Waals surface area contributed by atoms with Crippen LogP contribution in [-0.4, -0.2) is 5.16 Å². The van der Waals surface area contributed by atoms with Gasteiger partial charge in [0.25, 0.3) is 0 Å². The van der Waals surface area contributed by atoms with Gasteiger partial charge in [0.15, 0.2) is 4.60 Å². The monoisotopic (exact) mass is 203 g/mol. The topological polar surface area (TPSA) is 26.0 Å². The Morgan fingerprint density at radius 3 is 3.00 bits per heavy atom. The van der Waals surface area contributed by atoms with E-state index in [0.29, 0.717) is 0 Å². The van der Waals surface area contributed by atoms with Crippen molar-refractivity contribution in [2.75, 3.05) is 0 Å². The summed E-state index contributed by atoms with van der Waals surface area (Å²) >= 11 is 3.29. The lowest BCUT2D eigenvalue weighted by atomic mass is 10.2. The highest BCUT2D eigenvalue weighted by Crippen LogP contribution is 2.15. The lowest BCUT2D eigenvalue weighted by molar-refractivity contribution is 0.415. The fraction of sp³-hybridized carbons (Fsp3) is 0.571. The van der Waals surface area contributed by atoms with Crippen molar-refractivity contribution in [2.45, 2.75) is 26.2 Å². The van der Waals surface area contributed by atoms with Crippen LogP contribution in [0.2, 0.25) is 0 Å². The molecule has 3 heteroatoms. The Bertz CT molecular complexity index is 197. The van der Waals surface area contributed by atoms with Crippen LogP contribution in [0.25, 0.3) is 0 Å². The molecular weight excluding hydrogens is 194 g/mol. The summed E-state index contributed by atoms with van der Waals surface area (Å²) in [6, 6.07) is 0. The Labute approximate surface area is 68.7 Å². The zero-order valence-electron chi connectivity index (χ0n) is 5.93. The average molecular weight is 204 g/mol. The maximum atomic E-state index is 4.75. The maximum absolute atomic E-state index is 4.75. The predicted octanol–water partition coefficient (Wildman–Crippen LogP) is 2.78. The zero-order chi connectivity index (χ0) is 7.40. The first-order valence-corrected chi connectivity index (χ1v) is 4.22. The maximum Gasteiger partial charge on any atom is 0.152 e. The lowest BCUT2D eigenvalue weighted by Crippen LogP contribution is -1.81. The van der Waals surface area contributed by atoms with Gasteiger partial charge >= 0.3 is 0 Å². The number of hydrogen-bond donors (Lipinski definition) is 0. The summed E-state index contributed by atoms with van der Waals surface area (Å²) in [5.41, 5.74) is 1.17. The first-order chi connectivity index (χ1) is 4.84. The minimum Gasteiger partial charge on any atom is -0.363 e. The number of unbranched alkanes of at least 4 members (excludes halogenated alkanes) is 1. The van der Waals surface area contributed by atoms with E-state index in [1.165, 1.54) is 18.4 Å². The molecular formula is C7H10BrNO. The molecule has 0 saturated carbocycles. The smallest absolute Gasteiger partial charge is 0.152 e. The molecule has 0 unspecified atom stereocenters. The molecule has 0 spiro atoms. The second kappa shape index (κ2) is 3.76. The minimum atomic E-state index is 0.848. The van der Waals surface area contributed by atoms with E-state index in [0.717, 1.165) is 11.0 Å². The normalized spacial score (nSPS) is 10.2. The molecule has 56 valence electrons. The molecule has 1 aromatic heterocycles. The van der Waals surface area contributed by atoms with Crippen LogP contribution in [-0.2, 0) is 6.42 Å². The van der Waals surface area contributed by atoms with Gasteiger partial charge in [-0.2, -0.15) is 0 Å². The predicted molar refractivity (Wildman–Crippen MR) is 42.8 cm³/mol. The van der Waals surface area contributed by atoms with Crippen LogP contribution in [0.15, 0.2) is 15.4 Å². The molecule has 0 atom stereocenters. The number of hydrogen-bond acceptors (Lipinski definition) is 2. The van der Waals surface area contributed by atoms with Gasteiger partial charge in [-0.15, -0.1) is 0 Å². The Kier molecular flexibility index (Phi) is 2.93. The van der Waals surface area contributed by atoms with Crippen molar-refractivity contribution in [3.63, 3.8) is 0 Å². The van der Waals surface area contributed by atoms with Crippen molar-refractivity contribution in [3.05, 3.63) is 16.4 Å². The number of nitrogens with zero attached hydrogens (tertiary/aromatic N) is 1. The fourth-order valence-electron chi connectivity index (χ4n) is 0.773. The molecule has 2 nitrogen and oxygen atoms in total. The van der Waals surface area contributed by atoms with Crippen molar-refractivity contribution in [1.29, 1.82) is 0 Å². The van der Waals surface area contributed by atoms with E-state index >= 15 is 0 Å². The van der Waals surface area contributed by atoms with Crippen LogP contribution in [0.1, 0.15) is 25.3 Å². The average Bonchev–Trinajstić information content (AvgIpc) is 2.31. The molecule has 0 amide bonds. The third-order valence-corrected chi connectivity index (χ3v) is 2.05. The first-order valence-electron chi connectivity index (χ1n) is 3.43. The molecule has 0 saturated heterocycles. The van der Waals surface area contributed by atoms with Crippen LogP contribution >= 0.6 is 15.9 Å². The van der Waals surface area contributed by atoms with Gasteiger partial charge in [0.2, 0.25) is 0 Å². The molecule has 1 heterocycles. The van der Waals surface area contributed by atoms with Gasteiger partial charge < -0.3 is 4.52 Å². The second-order valence-electron chi connectivity index (χ2n) is 2.23. The van der Waals surface area contributed by atoms with Crippen LogP contribution < -0.4 is 0 Å². The highest BCUT2D eigenvalue weighted by atomic mass is 79.9. The summed E-state index contributed by atoms with van der Waals surface area (Å²) < 4.78 is 5.59. The fourth-order valence-corrected chi connectivity index (χ4v) is 1.15. The molecule has 1 rings (SSSR count). The van der Waals surface area contributed by atoms with E-state index in [9.17, 15) is 0 Å². The first kappa shape index (κ1) is 7.79. The van der Waals surface area contributed by atoms with E-state index in [4.69, 9.17) is 4.52 Å². The number of halogens is 1. The summed E-state index contributed by atoms with van der Waals surface area (Å²) in [6.45, 7) is 2.17. The van der Waals surface area contributed by atoms with Gasteiger partial charge in [-0.1, -0.05) is 18.5 Å². The number of aromatic nitrogens is 1. The molecule has 1 aromatic rings. The highest BCUT2D eigenvalue weighted by Gasteiger charge is 2.01. The van der Waals surface area contributed by atoms with Crippen LogP contribution in [0.5, 0.6) is 0 Å². The summed E-state index contributed by atoms with van der Waals surface area (Å²) in [6.07, 6.45) is 5.15. The van der Waals surface area contributed by atoms with Gasteiger partial charge in [0.1, 0.15) is 6.26 Å². The molecule has 0 aliphatic rings. The molecule has 0 radical (unpaired) electrons. The highest BCUT2D eigenvalue weighted by molar-refractivity contribution is 9.10. The van der Waals surface area contributed by atoms with Gasteiger partial charge in [0.05, 0.1) is 0 Å². The Balaban J connectivity index is 2.49. The molecule has 0 aliphatic heterocycles. The third kappa shape index (κ3) is 1.84. The van der Waals surface area contributed by atoms with Gasteiger partial charge in [0, 0.05) is 5.56 Å². The van der Waals surface area contributed by atoms with Crippen molar-refractivity contribution in [3.8, 4) is 0 Å². The number of rotatable bonds is 3. The van der Waals surface area contributed by atoms with E-state index in [-0.39, 0.29) is 0 Å². The Morgan fingerprint density at radius 1 is 1.70 bits per heavy atom. The van der Waals surface area contributed by atoms with E-state index in [2.05, 4.69) is 28.0 Å². The molecule has 10 heavy (non-hydrogen) atoms. The van der Waals surface area contributed by atoms with Crippen molar-refractivity contribution >= 4 is 15.9 Å². The van der Waals surface area contributed by atoms with Crippen LogP contribution in [0, 0.1) is 0 Å². The zero-order valence-corrected chi connectivity index (χ0v) is 7.52. The van der Waals surface area contributed by atoms with E-state index in [1.807, 2.05) is 0 Å². The van der Waals surface area contributed by atoms with E-state index < -0.39 is 0 Å². The summed E-state index contributed by atoms with van der Waals surface area (Å²) in [7, 11) is 0. The molecule has 0 bridgehead atoms. The van der Waals surface area contributed by atoms with Gasteiger partial charge in [-0.05, 0) is 28.8 Å².